The lowest BCUT2D eigenvalue weighted by molar-refractivity contribution is -0.389. The van der Waals surface area contributed by atoms with Crippen molar-refractivity contribution in [1.29, 1.82) is 0 Å². The second-order valence-corrected chi connectivity index (χ2v) is 7.16. The lowest BCUT2D eigenvalue weighted by atomic mass is 9.82. The maximum Gasteiger partial charge on any atom is 0.457 e. The highest BCUT2D eigenvalue weighted by molar-refractivity contribution is 5.98. The smallest absolute Gasteiger partial charge is 0.457 e. The number of halogens is 9. The van der Waals surface area contributed by atoms with Gasteiger partial charge >= 0.3 is 23.9 Å². The number of nitrogens with two attached hydrogens (primary N) is 1. The number of aryl methyl sites for hydroxylation is 2. The molecule has 182 valence electrons. The number of hydrogen-bond donors (Lipinski definition) is 1. The fourth-order valence-electron chi connectivity index (χ4n) is 3.59. The summed E-state index contributed by atoms with van der Waals surface area (Å²) in [5, 5.41) is 0. The summed E-state index contributed by atoms with van der Waals surface area (Å²) in [5.74, 6) is -7.79. The Bertz CT molecular complexity index is 1060. The molecule has 0 aliphatic heterocycles. The maximum atomic E-state index is 15.0. The van der Waals surface area contributed by atoms with Crippen LogP contribution in [0.1, 0.15) is 34.0 Å². The van der Waals surface area contributed by atoms with E-state index in [4.69, 9.17) is 10.5 Å². The number of para-hydroxylation sites is 1. The lowest BCUT2D eigenvalue weighted by Gasteiger charge is -2.36. The molecule has 2 rings (SSSR count). The Morgan fingerprint density at radius 3 is 1.97 bits per heavy atom. The standard InChI is InChI=1S/C21H18F9NO2/c1-4-11-9-12(18(22,20(25,26)27)19(23,24)21(28,29)30)8-10(2)15(11)13-6-5-7-14(17(31)32)16(13)33-3/h5-9H,4H2,1-3H3,(H2,31,32). The normalized spacial score (nSPS) is 14.7. The van der Waals surface area contributed by atoms with Crippen LogP contribution in [0.4, 0.5) is 39.5 Å². The molecule has 2 aromatic carbocycles. The number of methoxy groups -OCH3 is 1. The van der Waals surface area contributed by atoms with Gasteiger partial charge < -0.3 is 10.5 Å². The topological polar surface area (TPSA) is 52.3 Å². The molecule has 0 heterocycles. The molecule has 33 heavy (non-hydrogen) atoms. The van der Waals surface area contributed by atoms with Crippen molar-refractivity contribution >= 4 is 5.91 Å². The van der Waals surface area contributed by atoms with Crippen molar-refractivity contribution in [2.75, 3.05) is 7.11 Å². The molecule has 3 nitrogen and oxygen atoms in total. The third-order valence-corrected chi connectivity index (χ3v) is 5.13. The first-order valence-corrected chi connectivity index (χ1v) is 9.27. The fourth-order valence-corrected chi connectivity index (χ4v) is 3.59. The molecule has 0 saturated carbocycles. The Morgan fingerprint density at radius 2 is 1.55 bits per heavy atom. The van der Waals surface area contributed by atoms with E-state index in [9.17, 15) is 44.3 Å². The van der Waals surface area contributed by atoms with E-state index >= 15 is 0 Å². The zero-order valence-electron chi connectivity index (χ0n) is 17.4. The zero-order valence-corrected chi connectivity index (χ0v) is 17.4. The summed E-state index contributed by atoms with van der Waals surface area (Å²) in [6.07, 6.45) is -13.6. The highest BCUT2D eigenvalue weighted by atomic mass is 19.4. The fraction of sp³-hybridized carbons (Fsp3) is 0.381. The number of hydrogen-bond acceptors (Lipinski definition) is 2. The van der Waals surface area contributed by atoms with Gasteiger partial charge in [0.05, 0.1) is 12.7 Å². The number of carbonyl (C=O) groups excluding carboxylic acids is 1. The van der Waals surface area contributed by atoms with Crippen LogP contribution in [0, 0.1) is 6.92 Å². The van der Waals surface area contributed by atoms with Gasteiger partial charge in [-0.25, -0.2) is 4.39 Å². The molecule has 0 radical (unpaired) electrons. The lowest BCUT2D eigenvalue weighted by Crippen LogP contribution is -2.59. The number of primary amides is 1. The molecule has 0 saturated heterocycles. The predicted molar refractivity (Wildman–Crippen MR) is 101 cm³/mol. The summed E-state index contributed by atoms with van der Waals surface area (Å²) in [4.78, 5) is 11.7. The molecule has 0 aromatic heterocycles. The molecule has 12 heteroatoms. The van der Waals surface area contributed by atoms with Crippen LogP contribution in [-0.4, -0.2) is 31.3 Å². The summed E-state index contributed by atoms with van der Waals surface area (Å²) in [7, 11) is 1.17. The minimum Gasteiger partial charge on any atom is -0.495 e. The van der Waals surface area contributed by atoms with Crippen molar-refractivity contribution in [1.82, 2.24) is 0 Å². The molecule has 2 aromatic rings. The Balaban J connectivity index is 2.93. The predicted octanol–water partition coefficient (Wildman–Crippen LogP) is 6.26. The van der Waals surface area contributed by atoms with E-state index in [0.717, 1.165) is 6.92 Å². The average molecular weight is 487 g/mol. The van der Waals surface area contributed by atoms with Gasteiger partial charge in [0.1, 0.15) is 5.75 Å². The van der Waals surface area contributed by atoms with E-state index in [0.29, 0.717) is 6.07 Å². The van der Waals surface area contributed by atoms with Crippen molar-refractivity contribution in [3.8, 4) is 16.9 Å². The van der Waals surface area contributed by atoms with Crippen molar-refractivity contribution < 1.29 is 49.0 Å². The van der Waals surface area contributed by atoms with Crippen molar-refractivity contribution in [2.24, 2.45) is 5.73 Å². The molecule has 2 N–H and O–H groups in total. The Morgan fingerprint density at radius 1 is 0.970 bits per heavy atom. The Labute approximate surface area is 182 Å². The number of rotatable bonds is 6. The largest absolute Gasteiger partial charge is 0.495 e. The van der Waals surface area contributed by atoms with Gasteiger partial charge in [0, 0.05) is 11.1 Å². The number of carbonyl (C=O) groups is 1. The SMILES string of the molecule is CCc1cc(C(F)(C(F)(F)F)C(F)(F)C(F)(F)F)cc(C)c1-c1cccc(C(N)=O)c1OC. The van der Waals surface area contributed by atoms with E-state index < -0.39 is 35.4 Å². The molecule has 1 atom stereocenters. The van der Waals surface area contributed by atoms with Crippen LogP contribution in [-0.2, 0) is 12.1 Å². The summed E-state index contributed by atoms with van der Waals surface area (Å²) < 4.78 is 127. The van der Waals surface area contributed by atoms with Crippen LogP contribution in [0.3, 0.4) is 0 Å². The highest BCUT2D eigenvalue weighted by Gasteiger charge is 2.81. The van der Waals surface area contributed by atoms with Crippen LogP contribution >= 0.6 is 0 Å². The van der Waals surface area contributed by atoms with Crippen LogP contribution < -0.4 is 10.5 Å². The third-order valence-electron chi connectivity index (χ3n) is 5.13. The summed E-state index contributed by atoms with van der Waals surface area (Å²) in [5.41, 5.74) is -3.05. The molecule has 0 fully saturated rings. The van der Waals surface area contributed by atoms with Gasteiger partial charge in [0.2, 0.25) is 0 Å². The van der Waals surface area contributed by atoms with Crippen molar-refractivity contribution in [3.05, 3.63) is 52.6 Å². The zero-order chi connectivity index (χ0) is 25.6. The van der Waals surface area contributed by atoms with Crippen LogP contribution in [0.5, 0.6) is 5.75 Å². The van der Waals surface area contributed by atoms with Crippen molar-refractivity contribution in [2.45, 2.75) is 44.2 Å². The van der Waals surface area contributed by atoms with Gasteiger partial charge in [0.15, 0.2) is 0 Å². The second-order valence-electron chi connectivity index (χ2n) is 7.16. The van der Waals surface area contributed by atoms with Gasteiger partial charge in [-0.15, -0.1) is 0 Å². The van der Waals surface area contributed by atoms with E-state index in [1.807, 2.05) is 0 Å². The van der Waals surface area contributed by atoms with Gasteiger partial charge in [-0.1, -0.05) is 31.2 Å². The first-order valence-electron chi connectivity index (χ1n) is 9.27. The van der Waals surface area contributed by atoms with E-state index in [2.05, 4.69) is 0 Å². The molecular formula is C21H18F9NO2. The van der Waals surface area contributed by atoms with Crippen LogP contribution in [0.2, 0.25) is 0 Å². The molecule has 0 spiro atoms. The third kappa shape index (κ3) is 4.10. The number of benzene rings is 2. The molecule has 0 bridgehead atoms. The number of amides is 1. The second kappa shape index (κ2) is 8.45. The Kier molecular flexibility index (Phi) is 6.75. The summed E-state index contributed by atoms with van der Waals surface area (Å²) in [6, 6.07) is 4.62. The van der Waals surface area contributed by atoms with Gasteiger partial charge in [0.25, 0.3) is 5.91 Å². The summed E-state index contributed by atoms with van der Waals surface area (Å²) in [6.45, 7) is 2.48. The van der Waals surface area contributed by atoms with Crippen LogP contribution in [0.15, 0.2) is 30.3 Å². The quantitative estimate of drug-likeness (QED) is 0.490. The van der Waals surface area contributed by atoms with Gasteiger partial charge in [-0.3, -0.25) is 4.79 Å². The van der Waals surface area contributed by atoms with E-state index in [-0.39, 0.29) is 46.1 Å². The van der Waals surface area contributed by atoms with Gasteiger partial charge in [-0.2, -0.15) is 35.1 Å². The van der Waals surface area contributed by atoms with Crippen LogP contribution in [0.25, 0.3) is 11.1 Å². The maximum absolute atomic E-state index is 15.0. The highest BCUT2D eigenvalue weighted by Crippen LogP contribution is 2.58. The van der Waals surface area contributed by atoms with E-state index in [1.165, 1.54) is 32.2 Å². The molecular weight excluding hydrogens is 469 g/mol. The first kappa shape index (κ1) is 26.3. The Hall–Kier alpha value is -2.92. The average Bonchev–Trinajstić information content (AvgIpc) is 2.69. The number of ether oxygens (including phenoxy) is 1. The minimum absolute atomic E-state index is 0.0704. The van der Waals surface area contributed by atoms with E-state index in [1.54, 1.807) is 0 Å². The van der Waals surface area contributed by atoms with Gasteiger partial charge in [-0.05, 0) is 36.1 Å². The molecule has 1 amide bonds. The minimum atomic E-state index is -6.82. The van der Waals surface area contributed by atoms with Crippen molar-refractivity contribution in [3.63, 3.8) is 0 Å². The summed E-state index contributed by atoms with van der Waals surface area (Å²) >= 11 is 0. The molecule has 0 aliphatic carbocycles. The molecule has 0 aliphatic rings. The number of alkyl halides is 9. The molecule has 1 unspecified atom stereocenters. The monoisotopic (exact) mass is 487 g/mol. The first-order chi connectivity index (χ1) is 15.0.